The van der Waals surface area contributed by atoms with Gasteiger partial charge in [-0.05, 0) is 65.0 Å². The largest absolute Gasteiger partial charge is 0.310 e. The zero-order chi connectivity index (χ0) is 29.2. The summed E-state index contributed by atoms with van der Waals surface area (Å²) < 4.78 is 0. The fraction of sp³-hybridized carbons (Fsp3) is 0.0769. The van der Waals surface area contributed by atoms with Crippen molar-refractivity contribution in [2.45, 2.75) is 19.3 Å². The molecule has 0 saturated carbocycles. The third-order valence-corrected chi connectivity index (χ3v) is 14.0. The highest BCUT2D eigenvalue weighted by Gasteiger charge is 2.40. The van der Waals surface area contributed by atoms with E-state index in [1.807, 2.05) is 0 Å². The molecule has 43 heavy (non-hydrogen) atoms. The molecule has 8 rings (SSSR count). The Balaban J connectivity index is 1.43. The van der Waals surface area contributed by atoms with Gasteiger partial charge >= 0.3 is 0 Å². The number of rotatable bonds is 3. The van der Waals surface area contributed by atoms with Crippen molar-refractivity contribution in [3.63, 3.8) is 0 Å². The second-order valence-corrected chi connectivity index (χ2v) is 16.1. The highest BCUT2D eigenvalue weighted by Crippen LogP contribution is 2.56. The van der Waals surface area contributed by atoms with Crippen molar-refractivity contribution in [3.8, 4) is 0 Å². The van der Waals surface area contributed by atoms with Crippen LogP contribution in [0.4, 0.5) is 34.1 Å². The molecule has 0 aliphatic carbocycles. The van der Waals surface area contributed by atoms with Crippen LogP contribution in [-0.4, -0.2) is 0 Å². The molecule has 0 N–H and O–H groups in total. The first-order chi connectivity index (χ1) is 21.0. The summed E-state index contributed by atoms with van der Waals surface area (Å²) in [6.07, 6.45) is 0. The van der Waals surface area contributed by atoms with Crippen LogP contribution in [0.1, 0.15) is 25.0 Å². The average Bonchev–Trinajstić information content (AvgIpc) is 3.06. The van der Waals surface area contributed by atoms with Gasteiger partial charge in [0.15, 0.2) is 0 Å². The Morgan fingerprint density at radius 1 is 0.465 bits per heavy atom. The summed E-state index contributed by atoms with van der Waals surface area (Å²) in [5, 5.41) is 3.66. The molecule has 0 spiro atoms. The van der Waals surface area contributed by atoms with Gasteiger partial charge in [-0.2, -0.15) is 0 Å². The van der Waals surface area contributed by atoms with Gasteiger partial charge in [0.2, 0.25) is 0 Å². The number of nitrogens with zero attached hydrogens (tertiary/aromatic N) is 2. The number of benzene rings is 6. The minimum Gasteiger partial charge on any atom is -0.310 e. The summed E-state index contributed by atoms with van der Waals surface area (Å²) in [4.78, 5) is 4.83. The SMILES string of the molecule is CC1(C)c2ccccc2N(c2ccc3c(c2)P(=S)(c2ccccc2)c2ccccc2N3c2ccccc2)c2ccccc21. The van der Waals surface area contributed by atoms with E-state index in [2.05, 4.69) is 175 Å². The molecule has 0 radical (unpaired) electrons. The molecule has 2 nitrogen and oxygen atoms in total. The van der Waals surface area contributed by atoms with Crippen molar-refractivity contribution < 1.29 is 0 Å². The van der Waals surface area contributed by atoms with Gasteiger partial charge < -0.3 is 9.80 Å². The molecule has 208 valence electrons. The van der Waals surface area contributed by atoms with E-state index in [1.165, 1.54) is 38.4 Å². The molecule has 2 aliphatic heterocycles. The Morgan fingerprint density at radius 2 is 0.953 bits per heavy atom. The Kier molecular flexibility index (Phi) is 5.98. The van der Waals surface area contributed by atoms with Crippen LogP contribution in [0.25, 0.3) is 0 Å². The van der Waals surface area contributed by atoms with Crippen molar-refractivity contribution in [2.24, 2.45) is 0 Å². The van der Waals surface area contributed by atoms with Gasteiger partial charge in [-0.3, -0.25) is 0 Å². The van der Waals surface area contributed by atoms with E-state index < -0.39 is 6.04 Å². The van der Waals surface area contributed by atoms with E-state index >= 15 is 0 Å². The predicted octanol–water partition coefficient (Wildman–Crippen LogP) is 9.33. The molecule has 4 heteroatoms. The minimum atomic E-state index is -2.41. The van der Waals surface area contributed by atoms with Crippen molar-refractivity contribution in [1.82, 2.24) is 0 Å². The number of hydrogen-bond acceptors (Lipinski definition) is 3. The normalized spacial score (nSPS) is 17.8. The summed E-state index contributed by atoms with van der Waals surface area (Å²) in [6, 6.07) is 52.4. The maximum Gasteiger partial charge on any atom is 0.0554 e. The molecular weight excluding hydrogens is 559 g/mol. The fourth-order valence-electron chi connectivity index (χ4n) is 6.99. The van der Waals surface area contributed by atoms with E-state index in [0.29, 0.717) is 0 Å². The Labute approximate surface area is 258 Å². The predicted molar refractivity (Wildman–Crippen MR) is 188 cm³/mol. The smallest absolute Gasteiger partial charge is 0.0554 e. The number of fused-ring (bicyclic) bond motifs is 4. The first kappa shape index (κ1) is 26.2. The molecule has 1 unspecified atom stereocenters. The molecule has 6 aromatic rings. The zero-order valence-corrected chi connectivity index (χ0v) is 25.9. The van der Waals surface area contributed by atoms with Crippen molar-refractivity contribution >= 4 is 67.9 Å². The molecule has 2 heterocycles. The van der Waals surface area contributed by atoms with Crippen LogP contribution in [0.3, 0.4) is 0 Å². The molecule has 0 saturated heterocycles. The zero-order valence-electron chi connectivity index (χ0n) is 24.2. The van der Waals surface area contributed by atoms with Crippen LogP contribution in [0.2, 0.25) is 0 Å². The summed E-state index contributed by atoms with van der Waals surface area (Å²) in [5.74, 6) is 0. The van der Waals surface area contributed by atoms with E-state index in [4.69, 9.17) is 11.8 Å². The first-order valence-corrected chi connectivity index (χ1v) is 17.5. The van der Waals surface area contributed by atoms with Crippen LogP contribution >= 0.6 is 6.04 Å². The number of hydrogen-bond donors (Lipinski definition) is 0. The van der Waals surface area contributed by atoms with Crippen LogP contribution < -0.4 is 25.7 Å². The molecule has 0 aromatic heterocycles. The van der Waals surface area contributed by atoms with Crippen LogP contribution in [0, 0.1) is 0 Å². The van der Waals surface area contributed by atoms with Crippen LogP contribution in [-0.2, 0) is 17.2 Å². The maximum atomic E-state index is 6.95. The number of anilines is 6. The average molecular weight is 591 g/mol. The van der Waals surface area contributed by atoms with E-state index in [-0.39, 0.29) is 5.41 Å². The van der Waals surface area contributed by atoms with Gasteiger partial charge in [0.1, 0.15) is 0 Å². The lowest BCUT2D eigenvalue weighted by atomic mass is 9.73. The minimum absolute atomic E-state index is 0.111. The summed E-state index contributed by atoms with van der Waals surface area (Å²) in [7, 11) is 0. The molecule has 0 fully saturated rings. The number of para-hydroxylation sites is 4. The van der Waals surface area contributed by atoms with E-state index in [9.17, 15) is 0 Å². The quantitative estimate of drug-likeness (QED) is 0.189. The van der Waals surface area contributed by atoms with Crippen LogP contribution in [0.5, 0.6) is 0 Å². The fourth-order valence-corrected chi connectivity index (χ4v) is 11.3. The molecular formula is C39H31N2PS. The highest BCUT2D eigenvalue weighted by molar-refractivity contribution is 8.25. The second-order valence-electron chi connectivity index (χ2n) is 11.8. The second kappa shape index (κ2) is 9.81. The van der Waals surface area contributed by atoms with Crippen molar-refractivity contribution in [1.29, 1.82) is 0 Å². The van der Waals surface area contributed by atoms with Gasteiger partial charge in [-0.1, -0.05) is 129 Å². The van der Waals surface area contributed by atoms with Gasteiger partial charge in [-0.15, -0.1) is 0 Å². The van der Waals surface area contributed by atoms with Gasteiger partial charge in [0, 0.05) is 33.4 Å². The van der Waals surface area contributed by atoms with E-state index in [1.54, 1.807) is 0 Å². The first-order valence-electron chi connectivity index (χ1n) is 14.7. The van der Waals surface area contributed by atoms with E-state index in [0.717, 1.165) is 22.7 Å². The van der Waals surface area contributed by atoms with Gasteiger partial charge in [0.25, 0.3) is 0 Å². The summed E-state index contributed by atoms with van der Waals surface area (Å²) in [5.41, 5.74) is 9.55. The van der Waals surface area contributed by atoms with Crippen molar-refractivity contribution in [3.05, 3.63) is 163 Å². The Bertz CT molecular complexity index is 2000. The lowest BCUT2D eigenvalue weighted by Crippen LogP contribution is -2.37. The third kappa shape index (κ3) is 3.82. The molecule has 2 aliphatic rings. The summed E-state index contributed by atoms with van der Waals surface area (Å²) in [6.45, 7) is 4.66. The standard InChI is InChI=1S/C39H31N2PS/c1-39(2)31-19-9-11-21-33(31)41(34-22-12-10-20-32(34)39)29-25-26-36-38(27-29)42(43,30-17-7-4-8-18-30)37-24-14-13-23-35(37)40(36)28-15-5-3-6-16-28/h3-27H,1-2H3. The highest BCUT2D eigenvalue weighted by atomic mass is 32.4. The van der Waals surface area contributed by atoms with Gasteiger partial charge in [0.05, 0.1) is 22.7 Å². The van der Waals surface area contributed by atoms with Crippen molar-refractivity contribution in [2.75, 3.05) is 9.80 Å². The lowest BCUT2D eigenvalue weighted by molar-refractivity contribution is 0.632. The summed E-state index contributed by atoms with van der Waals surface area (Å²) >= 11 is 6.95. The Hall–Kier alpha value is -4.43. The molecule has 1 atom stereocenters. The van der Waals surface area contributed by atoms with Crippen LogP contribution in [0.15, 0.2) is 152 Å². The van der Waals surface area contributed by atoms with Gasteiger partial charge in [-0.25, -0.2) is 0 Å². The monoisotopic (exact) mass is 590 g/mol. The maximum absolute atomic E-state index is 6.95. The lowest BCUT2D eigenvalue weighted by Gasteiger charge is -2.43. The Morgan fingerprint density at radius 3 is 1.60 bits per heavy atom. The third-order valence-electron chi connectivity index (χ3n) is 9.03. The molecule has 6 aromatic carbocycles. The molecule has 0 bridgehead atoms. The topological polar surface area (TPSA) is 6.48 Å². The molecule has 0 amide bonds.